The summed E-state index contributed by atoms with van der Waals surface area (Å²) in [5.74, 6) is 0.140. The molecule has 1 atom stereocenters. The Morgan fingerprint density at radius 1 is 1.39 bits per heavy atom. The fourth-order valence-corrected chi connectivity index (χ4v) is 2.64. The van der Waals surface area contributed by atoms with E-state index in [1.54, 1.807) is 32.9 Å². The highest BCUT2D eigenvalue weighted by Gasteiger charge is 2.33. The van der Waals surface area contributed by atoms with Crippen LogP contribution in [0.5, 0.6) is 11.5 Å². The van der Waals surface area contributed by atoms with Crippen LogP contribution < -0.4 is 15.4 Å². The average Bonchev–Trinajstić information content (AvgIpc) is 2.46. The number of thiocarbonyl (C=S) groups is 1. The van der Waals surface area contributed by atoms with Crippen molar-refractivity contribution in [1.82, 2.24) is 10.6 Å². The summed E-state index contributed by atoms with van der Waals surface area (Å²) in [5.41, 5.74) is 1.45. The van der Waals surface area contributed by atoms with Crippen LogP contribution in [-0.4, -0.2) is 29.4 Å². The fraction of sp³-hybridized carbons (Fsp3) is 0.375. The van der Waals surface area contributed by atoms with Gasteiger partial charge in [0.1, 0.15) is 11.5 Å². The third-order valence-electron chi connectivity index (χ3n) is 3.38. The summed E-state index contributed by atoms with van der Waals surface area (Å²) < 4.78 is 10.5. The second-order valence-corrected chi connectivity index (χ2v) is 5.86. The van der Waals surface area contributed by atoms with Gasteiger partial charge in [0.05, 0.1) is 24.8 Å². The zero-order chi connectivity index (χ0) is 17.1. The molecule has 0 radical (unpaired) electrons. The maximum Gasteiger partial charge on any atom is 0.338 e. The molecule has 0 bridgehead atoms. The van der Waals surface area contributed by atoms with Gasteiger partial charge in [0.2, 0.25) is 0 Å². The molecule has 1 heterocycles. The van der Waals surface area contributed by atoms with Crippen molar-refractivity contribution in [2.24, 2.45) is 0 Å². The molecule has 0 aromatic heterocycles. The van der Waals surface area contributed by atoms with Crippen molar-refractivity contribution in [1.29, 1.82) is 0 Å². The van der Waals surface area contributed by atoms with Crippen molar-refractivity contribution in [3.63, 3.8) is 0 Å². The molecule has 7 heteroatoms. The van der Waals surface area contributed by atoms with Crippen molar-refractivity contribution >= 4 is 23.3 Å². The van der Waals surface area contributed by atoms with Gasteiger partial charge in [-0.05, 0) is 51.2 Å². The number of hydrogen-bond donors (Lipinski definition) is 3. The first-order valence-electron chi connectivity index (χ1n) is 7.19. The molecule has 1 aromatic carbocycles. The van der Waals surface area contributed by atoms with Crippen LogP contribution in [0.15, 0.2) is 29.5 Å². The van der Waals surface area contributed by atoms with Gasteiger partial charge in [-0.1, -0.05) is 0 Å². The summed E-state index contributed by atoms with van der Waals surface area (Å²) >= 11 is 5.17. The standard InChI is InChI=1S/C16H20N2O4S/c1-8(2)22-15(20)13-9(3)17-16(23)18-14(13)11-7-10(21-4)5-6-12(11)19/h5-8,14,19H,1-4H3,(H2,17,18,23)/t14-/m1/s1. The second kappa shape index (κ2) is 6.87. The van der Waals surface area contributed by atoms with E-state index in [1.807, 2.05) is 0 Å². The highest BCUT2D eigenvalue weighted by Crippen LogP contribution is 2.35. The summed E-state index contributed by atoms with van der Waals surface area (Å²) in [7, 11) is 1.53. The number of phenols is 1. The van der Waals surface area contributed by atoms with E-state index in [9.17, 15) is 9.90 Å². The number of carbonyl (C=O) groups excluding carboxylic acids is 1. The number of phenolic OH excluding ortho intramolecular Hbond substituents is 1. The molecule has 3 N–H and O–H groups in total. The molecule has 0 aliphatic carbocycles. The Morgan fingerprint density at radius 3 is 2.70 bits per heavy atom. The van der Waals surface area contributed by atoms with Crippen LogP contribution in [0.4, 0.5) is 0 Å². The molecule has 124 valence electrons. The van der Waals surface area contributed by atoms with Crippen LogP contribution in [0.1, 0.15) is 32.4 Å². The van der Waals surface area contributed by atoms with Crippen molar-refractivity contribution in [2.75, 3.05) is 7.11 Å². The van der Waals surface area contributed by atoms with Crippen LogP contribution >= 0.6 is 12.2 Å². The normalized spacial score (nSPS) is 17.6. The largest absolute Gasteiger partial charge is 0.508 e. The topological polar surface area (TPSA) is 79.8 Å². The predicted molar refractivity (Wildman–Crippen MR) is 90.2 cm³/mol. The van der Waals surface area contributed by atoms with Gasteiger partial charge >= 0.3 is 5.97 Å². The van der Waals surface area contributed by atoms with E-state index < -0.39 is 12.0 Å². The number of rotatable bonds is 4. The van der Waals surface area contributed by atoms with Gasteiger partial charge in [-0.25, -0.2) is 4.79 Å². The zero-order valence-electron chi connectivity index (χ0n) is 13.5. The van der Waals surface area contributed by atoms with Gasteiger partial charge in [-0.15, -0.1) is 0 Å². The Hall–Kier alpha value is -2.28. The quantitative estimate of drug-likeness (QED) is 0.574. The van der Waals surface area contributed by atoms with E-state index in [4.69, 9.17) is 21.7 Å². The number of esters is 1. The lowest BCUT2D eigenvalue weighted by Crippen LogP contribution is -2.45. The van der Waals surface area contributed by atoms with Crippen LogP contribution in [0, 0.1) is 0 Å². The average molecular weight is 336 g/mol. The molecule has 0 unspecified atom stereocenters. The summed E-state index contributed by atoms with van der Waals surface area (Å²) in [6.07, 6.45) is -0.253. The van der Waals surface area contributed by atoms with Gasteiger partial charge in [-0.2, -0.15) is 0 Å². The number of methoxy groups -OCH3 is 1. The summed E-state index contributed by atoms with van der Waals surface area (Å²) in [6, 6.07) is 4.20. The number of allylic oxidation sites excluding steroid dienone is 1. The number of aromatic hydroxyl groups is 1. The van der Waals surface area contributed by atoms with E-state index in [2.05, 4.69) is 10.6 Å². The first-order valence-corrected chi connectivity index (χ1v) is 7.60. The summed E-state index contributed by atoms with van der Waals surface area (Å²) in [4.78, 5) is 12.5. The number of nitrogens with one attached hydrogen (secondary N) is 2. The van der Waals surface area contributed by atoms with E-state index in [0.717, 1.165) is 0 Å². The van der Waals surface area contributed by atoms with Crippen molar-refractivity contribution in [3.8, 4) is 11.5 Å². The van der Waals surface area contributed by atoms with Gasteiger partial charge in [0, 0.05) is 11.3 Å². The van der Waals surface area contributed by atoms with Crippen molar-refractivity contribution in [3.05, 3.63) is 35.0 Å². The maximum atomic E-state index is 12.5. The molecule has 23 heavy (non-hydrogen) atoms. The number of benzene rings is 1. The van der Waals surface area contributed by atoms with Crippen LogP contribution in [0.2, 0.25) is 0 Å². The van der Waals surface area contributed by atoms with E-state index in [1.165, 1.54) is 13.2 Å². The van der Waals surface area contributed by atoms with E-state index in [-0.39, 0.29) is 11.9 Å². The summed E-state index contributed by atoms with van der Waals surface area (Å²) in [5, 5.41) is 16.5. The first kappa shape index (κ1) is 17.1. The number of hydrogen-bond acceptors (Lipinski definition) is 5. The third kappa shape index (κ3) is 3.73. The Bertz CT molecular complexity index is 670. The molecule has 0 amide bonds. The smallest absolute Gasteiger partial charge is 0.338 e. The Kier molecular flexibility index (Phi) is 5.10. The minimum atomic E-state index is -0.620. The van der Waals surface area contributed by atoms with Crippen LogP contribution in [-0.2, 0) is 9.53 Å². The first-order chi connectivity index (χ1) is 10.8. The maximum absolute atomic E-state index is 12.5. The molecule has 0 fully saturated rings. The molecule has 2 rings (SSSR count). The second-order valence-electron chi connectivity index (χ2n) is 5.45. The minimum Gasteiger partial charge on any atom is -0.508 e. The Labute approximate surface area is 140 Å². The lowest BCUT2D eigenvalue weighted by Gasteiger charge is -2.30. The van der Waals surface area contributed by atoms with Gasteiger partial charge in [0.25, 0.3) is 0 Å². The number of ether oxygens (including phenoxy) is 2. The lowest BCUT2D eigenvalue weighted by molar-refractivity contribution is -0.143. The predicted octanol–water partition coefficient (Wildman–Crippen LogP) is 2.15. The Morgan fingerprint density at radius 2 is 2.09 bits per heavy atom. The zero-order valence-corrected chi connectivity index (χ0v) is 14.3. The van der Waals surface area contributed by atoms with Gasteiger partial charge in [0.15, 0.2) is 5.11 Å². The molecule has 0 spiro atoms. The molecular weight excluding hydrogens is 316 g/mol. The highest BCUT2D eigenvalue weighted by atomic mass is 32.1. The monoisotopic (exact) mass is 336 g/mol. The molecule has 1 aromatic rings. The van der Waals surface area contributed by atoms with E-state index >= 15 is 0 Å². The lowest BCUT2D eigenvalue weighted by atomic mass is 9.94. The van der Waals surface area contributed by atoms with Gasteiger partial charge in [-0.3, -0.25) is 0 Å². The molecule has 0 saturated carbocycles. The van der Waals surface area contributed by atoms with Crippen LogP contribution in [0.25, 0.3) is 0 Å². The minimum absolute atomic E-state index is 0.0376. The highest BCUT2D eigenvalue weighted by molar-refractivity contribution is 7.80. The van der Waals surface area contributed by atoms with Crippen molar-refractivity contribution < 1.29 is 19.4 Å². The SMILES string of the molecule is COc1ccc(O)c([C@H]2NC(=S)NC(C)=C2C(=O)OC(C)C)c1. The van der Waals surface area contributed by atoms with Crippen molar-refractivity contribution in [2.45, 2.75) is 32.9 Å². The third-order valence-corrected chi connectivity index (χ3v) is 3.60. The van der Waals surface area contributed by atoms with Crippen LogP contribution in [0.3, 0.4) is 0 Å². The molecule has 1 aliphatic rings. The molecule has 0 saturated heterocycles. The number of carbonyl (C=O) groups is 1. The van der Waals surface area contributed by atoms with Gasteiger partial charge < -0.3 is 25.2 Å². The Balaban J connectivity index is 2.51. The fourth-order valence-electron chi connectivity index (χ4n) is 2.37. The molecular formula is C16H20N2O4S. The summed E-state index contributed by atoms with van der Waals surface area (Å²) in [6.45, 7) is 5.30. The molecule has 6 nitrogen and oxygen atoms in total. The molecule has 1 aliphatic heterocycles. The van der Waals surface area contributed by atoms with E-state index in [0.29, 0.717) is 27.7 Å².